The summed E-state index contributed by atoms with van der Waals surface area (Å²) in [4.78, 5) is 45.3. The highest BCUT2D eigenvalue weighted by Crippen LogP contribution is 2.74. The van der Waals surface area contributed by atoms with Crippen LogP contribution in [-0.4, -0.2) is 22.0 Å². The van der Waals surface area contributed by atoms with E-state index in [1.807, 2.05) is 0 Å². The molecule has 3 atom stereocenters. The summed E-state index contributed by atoms with van der Waals surface area (Å²) < 4.78 is 105. The summed E-state index contributed by atoms with van der Waals surface area (Å²) in [6, 6.07) is 8.14. The molecule has 3 unspecified atom stereocenters. The second kappa shape index (κ2) is 14.6. The van der Waals surface area contributed by atoms with E-state index in [4.69, 9.17) is 34.8 Å². The van der Waals surface area contributed by atoms with Crippen LogP contribution < -0.4 is 0 Å². The molecule has 0 aromatic heterocycles. The van der Waals surface area contributed by atoms with Gasteiger partial charge in [-0.3, -0.25) is 14.4 Å². The molecule has 0 aliphatic heterocycles. The third-order valence-corrected chi connectivity index (χ3v) is 15.0. The molecule has 2 aliphatic rings. The molecule has 2 saturated carbocycles. The molecule has 3 aromatic carbocycles. The summed E-state index contributed by atoms with van der Waals surface area (Å²) in [5.41, 5.74) is -9.34. The molecule has 51 heavy (non-hydrogen) atoms. The fourth-order valence-electron chi connectivity index (χ4n) is 8.41. The number of aryl methyl sites for hydroxylation is 2. The van der Waals surface area contributed by atoms with Crippen molar-refractivity contribution in [2.75, 3.05) is 0 Å². The van der Waals surface area contributed by atoms with E-state index >= 15 is 14.2 Å². The van der Waals surface area contributed by atoms with Gasteiger partial charge in [0, 0.05) is 16.5 Å². The van der Waals surface area contributed by atoms with Gasteiger partial charge in [-0.2, -0.15) is 26.3 Å². The lowest BCUT2D eigenvalue weighted by Crippen LogP contribution is -2.53. The summed E-state index contributed by atoms with van der Waals surface area (Å²) in [6.07, 6.45) is -8.63. The van der Waals surface area contributed by atoms with Gasteiger partial charge in [-0.25, -0.2) is 0 Å². The van der Waals surface area contributed by atoms with Crippen molar-refractivity contribution in [1.29, 1.82) is 0 Å². The van der Waals surface area contributed by atoms with Crippen molar-refractivity contribution in [2.24, 2.45) is 11.8 Å². The number of alkyl halides is 6. The van der Waals surface area contributed by atoms with E-state index in [1.165, 1.54) is 38.1 Å². The molecule has 2 fully saturated rings. The second-order valence-electron chi connectivity index (χ2n) is 13.4. The van der Waals surface area contributed by atoms with E-state index in [-0.39, 0.29) is 69.4 Å². The van der Waals surface area contributed by atoms with Gasteiger partial charge < -0.3 is 4.57 Å². The number of benzene rings is 3. The summed E-state index contributed by atoms with van der Waals surface area (Å²) in [6.45, 7) is 2.95. The Labute approximate surface area is 306 Å². The molecule has 5 rings (SSSR count). The highest BCUT2D eigenvalue weighted by Gasteiger charge is 2.67. The molecule has 274 valence electrons. The van der Waals surface area contributed by atoms with Gasteiger partial charge >= 0.3 is 12.4 Å². The molecule has 2 aliphatic carbocycles. The zero-order valence-electron chi connectivity index (χ0n) is 27.6. The highest BCUT2D eigenvalue weighted by atomic mass is 35.5. The molecule has 3 aromatic rings. The molecular weight excluding hydrogens is 760 g/mol. The zero-order chi connectivity index (χ0) is 37.7. The van der Waals surface area contributed by atoms with Gasteiger partial charge in [0.25, 0.3) is 0 Å². The van der Waals surface area contributed by atoms with Crippen LogP contribution in [0.4, 0.5) is 26.3 Å². The molecule has 4 nitrogen and oxygen atoms in total. The van der Waals surface area contributed by atoms with E-state index in [0.29, 0.717) is 43.9 Å². The first-order chi connectivity index (χ1) is 23.8. The number of carbonyl (C=O) groups is 3. The van der Waals surface area contributed by atoms with Gasteiger partial charge in [0.2, 0.25) is 18.2 Å². The van der Waals surface area contributed by atoms with Crippen LogP contribution in [0.15, 0.2) is 48.5 Å². The fourth-order valence-corrected chi connectivity index (χ4v) is 13.5. The van der Waals surface area contributed by atoms with Crippen LogP contribution in [0, 0.1) is 25.7 Å². The normalized spacial score (nSPS) is 21.6. The number of ketones is 1. The monoisotopic (exact) mass is 792 g/mol. The van der Waals surface area contributed by atoms with Crippen molar-refractivity contribution in [2.45, 2.75) is 89.1 Å². The summed E-state index contributed by atoms with van der Waals surface area (Å²) in [5.74, 6) is -3.16. The van der Waals surface area contributed by atoms with E-state index < -0.39 is 70.0 Å². The van der Waals surface area contributed by atoms with Crippen LogP contribution in [0.2, 0.25) is 15.1 Å². The van der Waals surface area contributed by atoms with Crippen LogP contribution in [-0.2, 0) is 16.9 Å². The maximum atomic E-state index is 16.6. The predicted octanol–water partition coefficient (Wildman–Crippen LogP) is 13.0. The number of halogens is 9. The van der Waals surface area contributed by atoms with Crippen molar-refractivity contribution in [1.82, 2.24) is 0 Å². The van der Waals surface area contributed by atoms with Gasteiger partial charge in [0.15, 0.2) is 5.78 Å². The third-order valence-electron chi connectivity index (χ3n) is 10.5. The van der Waals surface area contributed by atoms with E-state index in [1.54, 1.807) is 6.07 Å². The minimum absolute atomic E-state index is 0.0744. The van der Waals surface area contributed by atoms with Gasteiger partial charge in [-0.15, -0.1) is 0 Å². The van der Waals surface area contributed by atoms with Gasteiger partial charge in [-0.1, -0.05) is 91.2 Å². The predicted molar refractivity (Wildman–Crippen MR) is 186 cm³/mol. The lowest BCUT2D eigenvalue weighted by Gasteiger charge is -2.52. The number of carbonyl (C=O) groups excluding carboxylic acids is 3. The smallest absolute Gasteiger partial charge is 0.306 e. The minimum atomic E-state index is -5.75. The van der Waals surface area contributed by atoms with E-state index in [2.05, 4.69) is 0 Å². The Morgan fingerprint density at radius 1 is 0.686 bits per heavy atom. The third kappa shape index (κ3) is 6.95. The van der Waals surface area contributed by atoms with E-state index in [9.17, 15) is 31.1 Å². The Morgan fingerprint density at radius 2 is 1.16 bits per heavy atom. The Hall–Kier alpha value is -2.65. The zero-order valence-corrected chi connectivity index (χ0v) is 30.8. The fraction of sp³-hybridized carbons (Fsp3) is 0.432. The van der Waals surface area contributed by atoms with Gasteiger partial charge in [0.1, 0.15) is 0 Å². The van der Waals surface area contributed by atoms with Crippen molar-refractivity contribution in [3.05, 3.63) is 103 Å². The van der Waals surface area contributed by atoms with Crippen LogP contribution in [0.1, 0.15) is 111 Å². The Kier molecular flexibility index (Phi) is 11.4. The quantitative estimate of drug-likeness (QED) is 0.129. The lowest BCUT2D eigenvalue weighted by molar-refractivity contribution is -0.143. The number of rotatable bonds is 8. The molecule has 0 spiro atoms. The first-order valence-corrected chi connectivity index (χ1v) is 19.3. The molecular formula is C37H34Cl3F6O4P. The molecule has 0 heterocycles. The number of Topliss-reactive ketones (excluding diaryl/α,β-unsaturated/α-hetero) is 1. The standard InChI is InChI=1S/C37H34Cl3F6O4P/c1-20-10-8-11-21(2)29(20)33(48)51(50,34(49)30-24(36(41,42)43)15-9-16-25(30)37(44,45)46)35(22-12-4-3-5-13-22)17-7-6-14-26(35)32(47)31-27(39)18-23(38)19-28(31)40/h8-11,15-16,18-19,22,26H,3-7,12-14,17H2,1-2H3. The molecule has 0 amide bonds. The Balaban J connectivity index is 1.95. The first-order valence-electron chi connectivity index (χ1n) is 16.5. The van der Waals surface area contributed by atoms with Crippen LogP contribution in [0.5, 0.6) is 0 Å². The lowest BCUT2D eigenvalue weighted by atomic mass is 9.65. The van der Waals surface area contributed by atoms with Crippen LogP contribution in [0.3, 0.4) is 0 Å². The van der Waals surface area contributed by atoms with Crippen LogP contribution >= 0.6 is 41.9 Å². The van der Waals surface area contributed by atoms with Crippen molar-refractivity contribution >= 4 is 58.8 Å². The molecule has 0 bridgehead atoms. The average Bonchev–Trinajstić information content (AvgIpc) is 3.06. The SMILES string of the molecule is Cc1cccc(C)c1C(=O)P(=O)(C(=O)c1c(C(F)(F)F)cccc1C(F)(F)F)C1(C2CCCCC2)CCCCC1C(=O)c1c(Cl)cc(Cl)cc1Cl. The second-order valence-corrected chi connectivity index (χ2v) is 17.6. The Morgan fingerprint density at radius 3 is 1.67 bits per heavy atom. The maximum Gasteiger partial charge on any atom is 0.417 e. The highest BCUT2D eigenvalue weighted by molar-refractivity contribution is 7.96. The molecule has 0 saturated heterocycles. The summed E-state index contributed by atoms with van der Waals surface area (Å²) in [7, 11) is -5.75. The van der Waals surface area contributed by atoms with Gasteiger partial charge in [0.05, 0.1) is 37.5 Å². The Bertz CT molecular complexity index is 1860. The number of hydrogen-bond acceptors (Lipinski definition) is 4. The minimum Gasteiger partial charge on any atom is -0.306 e. The average molecular weight is 794 g/mol. The molecule has 0 N–H and O–H groups in total. The maximum absolute atomic E-state index is 16.6. The topological polar surface area (TPSA) is 68.3 Å². The molecule has 14 heteroatoms. The largest absolute Gasteiger partial charge is 0.417 e. The first kappa shape index (κ1) is 39.6. The van der Waals surface area contributed by atoms with Crippen LogP contribution in [0.25, 0.3) is 0 Å². The summed E-state index contributed by atoms with van der Waals surface area (Å²) in [5, 5.41) is -2.48. The molecule has 0 radical (unpaired) electrons. The van der Waals surface area contributed by atoms with Gasteiger partial charge in [-0.05, 0) is 80.8 Å². The van der Waals surface area contributed by atoms with Crippen molar-refractivity contribution < 1.29 is 45.3 Å². The van der Waals surface area contributed by atoms with E-state index in [0.717, 1.165) is 0 Å². The van der Waals surface area contributed by atoms with Crippen molar-refractivity contribution in [3.63, 3.8) is 0 Å². The number of hydrogen-bond donors (Lipinski definition) is 0. The van der Waals surface area contributed by atoms with Crippen molar-refractivity contribution in [3.8, 4) is 0 Å². The summed E-state index contributed by atoms with van der Waals surface area (Å²) >= 11 is 19.1.